The lowest BCUT2D eigenvalue weighted by Crippen LogP contribution is -2.41. The first-order chi connectivity index (χ1) is 9.50. The molecule has 0 N–H and O–H groups in total. The summed E-state index contributed by atoms with van der Waals surface area (Å²) in [6.07, 6.45) is 1.80. The molecule has 0 aliphatic carbocycles. The molecule has 0 fully saturated rings. The van der Waals surface area contributed by atoms with Crippen LogP contribution in [-0.4, -0.2) is 14.5 Å². The molecule has 2 aromatic rings. The Kier molecular flexibility index (Phi) is 3.34. The number of hydrogen-bond acceptors (Lipinski definition) is 3. The van der Waals surface area contributed by atoms with E-state index in [-0.39, 0.29) is 6.04 Å². The van der Waals surface area contributed by atoms with E-state index in [0.717, 1.165) is 29.0 Å². The summed E-state index contributed by atoms with van der Waals surface area (Å²) in [5.41, 5.74) is 1.94. The monoisotopic (exact) mass is 307 g/mol. The summed E-state index contributed by atoms with van der Waals surface area (Å²) in [6.45, 7) is 3.91. The van der Waals surface area contributed by atoms with Gasteiger partial charge in [-0.3, -0.25) is 4.31 Å². The second-order valence-electron chi connectivity index (χ2n) is 5.18. The fraction of sp³-hybridized carbons (Fsp3) is 0.333. The van der Waals surface area contributed by atoms with Gasteiger partial charge in [-0.1, -0.05) is 18.2 Å². The smallest absolute Gasteiger partial charge is 0.263 e. The van der Waals surface area contributed by atoms with Gasteiger partial charge in [-0.25, -0.2) is 8.42 Å². The van der Waals surface area contributed by atoms with Crippen molar-refractivity contribution < 1.29 is 8.42 Å². The highest BCUT2D eigenvalue weighted by Gasteiger charge is 2.34. The fourth-order valence-corrected chi connectivity index (χ4v) is 5.77. The number of benzene rings is 1. The van der Waals surface area contributed by atoms with E-state index in [1.54, 1.807) is 10.4 Å². The van der Waals surface area contributed by atoms with Gasteiger partial charge in [0.2, 0.25) is 0 Å². The minimum absolute atomic E-state index is 0.00249. The molecule has 5 heteroatoms. The zero-order valence-corrected chi connectivity index (χ0v) is 13.2. The molecule has 106 valence electrons. The highest BCUT2D eigenvalue weighted by atomic mass is 32.2. The maximum absolute atomic E-state index is 12.9. The lowest BCUT2D eigenvalue weighted by Gasteiger charge is -2.35. The Balaban J connectivity index is 2.13. The molecule has 0 spiro atoms. The van der Waals surface area contributed by atoms with E-state index < -0.39 is 10.0 Å². The first-order valence-electron chi connectivity index (χ1n) is 6.69. The van der Waals surface area contributed by atoms with Crippen molar-refractivity contribution in [3.8, 4) is 0 Å². The summed E-state index contributed by atoms with van der Waals surface area (Å²) in [7, 11) is -3.45. The van der Waals surface area contributed by atoms with Crippen LogP contribution in [-0.2, 0) is 16.4 Å². The Hall–Kier alpha value is -1.33. The minimum atomic E-state index is -3.45. The zero-order valence-electron chi connectivity index (χ0n) is 11.5. The van der Waals surface area contributed by atoms with Gasteiger partial charge < -0.3 is 0 Å². The van der Waals surface area contributed by atoms with Crippen LogP contribution in [0.4, 0.5) is 5.69 Å². The number of rotatable bonds is 2. The van der Waals surface area contributed by atoms with Crippen molar-refractivity contribution >= 4 is 27.0 Å². The number of nitrogens with zero attached hydrogens (tertiary/aromatic N) is 1. The van der Waals surface area contributed by atoms with Crippen molar-refractivity contribution in [2.45, 2.75) is 36.9 Å². The number of sulfonamides is 1. The van der Waals surface area contributed by atoms with Crippen LogP contribution in [0.5, 0.6) is 0 Å². The highest BCUT2D eigenvalue weighted by molar-refractivity contribution is 7.94. The third-order valence-corrected chi connectivity index (χ3v) is 7.09. The van der Waals surface area contributed by atoms with Crippen LogP contribution < -0.4 is 4.31 Å². The summed E-state index contributed by atoms with van der Waals surface area (Å²) < 4.78 is 27.8. The zero-order chi connectivity index (χ0) is 14.3. The van der Waals surface area contributed by atoms with E-state index in [0.29, 0.717) is 4.21 Å². The maximum atomic E-state index is 12.9. The minimum Gasteiger partial charge on any atom is -0.263 e. The SMILES string of the molecule is Cc1ccc(S(=O)(=O)N2c3ccccc3CCC2C)s1. The molecule has 1 aliphatic heterocycles. The topological polar surface area (TPSA) is 37.4 Å². The summed E-state index contributed by atoms with van der Waals surface area (Å²) in [4.78, 5) is 1.02. The van der Waals surface area contributed by atoms with Crippen molar-refractivity contribution in [1.29, 1.82) is 0 Å². The molecule has 1 aromatic heterocycles. The summed E-state index contributed by atoms with van der Waals surface area (Å²) in [6, 6.07) is 11.4. The van der Waals surface area contributed by atoms with E-state index in [2.05, 4.69) is 0 Å². The van der Waals surface area contributed by atoms with Crippen molar-refractivity contribution in [3.05, 3.63) is 46.8 Å². The van der Waals surface area contributed by atoms with Crippen molar-refractivity contribution in [3.63, 3.8) is 0 Å². The molecular weight excluding hydrogens is 290 g/mol. The molecule has 1 aliphatic rings. The third kappa shape index (κ3) is 2.15. The molecule has 20 heavy (non-hydrogen) atoms. The maximum Gasteiger partial charge on any atom is 0.274 e. The summed E-state index contributed by atoms with van der Waals surface area (Å²) in [5.74, 6) is 0. The summed E-state index contributed by atoms with van der Waals surface area (Å²) in [5, 5.41) is 0. The molecule has 1 aromatic carbocycles. The number of hydrogen-bond donors (Lipinski definition) is 0. The molecule has 1 atom stereocenters. The van der Waals surface area contributed by atoms with Gasteiger partial charge in [-0.2, -0.15) is 0 Å². The Bertz CT molecular complexity index is 734. The molecule has 0 radical (unpaired) electrons. The van der Waals surface area contributed by atoms with Crippen LogP contribution in [0.15, 0.2) is 40.6 Å². The Labute approximate surface area is 123 Å². The lowest BCUT2D eigenvalue weighted by atomic mass is 9.99. The highest BCUT2D eigenvalue weighted by Crippen LogP contribution is 2.36. The third-order valence-electron chi connectivity index (χ3n) is 3.69. The van der Waals surface area contributed by atoms with Crippen LogP contribution >= 0.6 is 11.3 Å². The average molecular weight is 307 g/mol. The quantitative estimate of drug-likeness (QED) is 0.850. The van der Waals surface area contributed by atoms with Gasteiger partial charge >= 0.3 is 0 Å². The second-order valence-corrected chi connectivity index (χ2v) is 8.51. The van der Waals surface area contributed by atoms with Crippen molar-refractivity contribution in [2.24, 2.45) is 0 Å². The van der Waals surface area contributed by atoms with Gasteiger partial charge in [-0.05, 0) is 50.5 Å². The second kappa shape index (κ2) is 4.90. The fourth-order valence-electron chi connectivity index (χ4n) is 2.67. The molecule has 3 nitrogen and oxygen atoms in total. The van der Waals surface area contributed by atoms with Gasteiger partial charge in [0, 0.05) is 10.9 Å². The first-order valence-corrected chi connectivity index (χ1v) is 8.94. The Morgan fingerprint density at radius 3 is 2.65 bits per heavy atom. The normalized spacial score (nSPS) is 18.9. The molecule has 3 rings (SSSR count). The van der Waals surface area contributed by atoms with Gasteiger partial charge in [0.05, 0.1) is 5.69 Å². The van der Waals surface area contributed by atoms with E-state index in [1.165, 1.54) is 11.3 Å². The number of anilines is 1. The standard InChI is InChI=1S/C15H17NO2S2/c1-11-7-9-13-5-3-4-6-14(13)16(11)20(17,18)15-10-8-12(2)19-15/h3-6,8,10-11H,7,9H2,1-2H3. The molecule has 0 bridgehead atoms. The van der Waals surface area contributed by atoms with Crippen LogP contribution in [0.3, 0.4) is 0 Å². The van der Waals surface area contributed by atoms with Gasteiger partial charge in [0.1, 0.15) is 4.21 Å². The van der Waals surface area contributed by atoms with Gasteiger partial charge in [-0.15, -0.1) is 11.3 Å². The van der Waals surface area contributed by atoms with E-state index in [4.69, 9.17) is 0 Å². The number of aryl methyl sites for hydroxylation is 2. The van der Waals surface area contributed by atoms with Crippen molar-refractivity contribution in [2.75, 3.05) is 4.31 Å². The molecule has 0 saturated heterocycles. The van der Waals surface area contributed by atoms with E-state index in [1.807, 2.05) is 44.2 Å². The van der Waals surface area contributed by atoms with E-state index >= 15 is 0 Å². The van der Waals surface area contributed by atoms with Crippen LogP contribution in [0.25, 0.3) is 0 Å². The first kappa shape index (κ1) is 13.6. The van der Waals surface area contributed by atoms with Crippen LogP contribution in [0, 0.1) is 6.92 Å². The predicted octanol–water partition coefficient (Wildman–Crippen LogP) is 3.59. The average Bonchev–Trinajstić information content (AvgIpc) is 2.85. The van der Waals surface area contributed by atoms with Crippen LogP contribution in [0.1, 0.15) is 23.8 Å². The largest absolute Gasteiger partial charge is 0.274 e. The molecule has 0 amide bonds. The van der Waals surface area contributed by atoms with Crippen LogP contribution in [0.2, 0.25) is 0 Å². The van der Waals surface area contributed by atoms with Gasteiger partial charge in [0.15, 0.2) is 0 Å². The summed E-state index contributed by atoms with van der Waals surface area (Å²) >= 11 is 1.34. The Morgan fingerprint density at radius 2 is 1.95 bits per heavy atom. The molecule has 0 saturated carbocycles. The van der Waals surface area contributed by atoms with Crippen molar-refractivity contribution in [1.82, 2.24) is 0 Å². The molecule has 1 unspecified atom stereocenters. The number of thiophene rings is 1. The predicted molar refractivity (Wildman–Crippen MR) is 82.9 cm³/mol. The lowest BCUT2D eigenvalue weighted by molar-refractivity contribution is 0.565. The molecule has 2 heterocycles. The number of fused-ring (bicyclic) bond motifs is 1. The number of para-hydroxylation sites is 1. The molecular formula is C15H17NO2S2. The van der Waals surface area contributed by atoms with Gasteiger partial charge in [0.25, 0.3) is 10.0 Å². The van der Waals surface area contributed by atoms with E-state index in [9.17, 15) is 8.42 Å². The Morgan fingerprint density at radius 1 is 1.20 bits per heavy atom.